The van der Waals surface area contributed by atoms with Gasteiger partial charge in [0.15, 0.2) is 0 Å². The molecule has 0 aliphatic heterocycles. The van der Waals surface area contributed by atoms with Crippen molar-refractivity contribution in [1.29, 1.82) is 0 Å². The minimum absolute atomic E-state index is 0.0966. The monoisotopic (exact) mass is 563 g/mol. The minimum Gasteiger partial charge on any atom is -0.381 e. The summed E-state index contributed by atoms with van der Waals surface area (Å²) >= 11 is 6.31. The summed E-state index contributed by atoms with van der Waals surface area (Å²) in [6.07, 6.45) is 0. The summed E-state index contributed by atoms with van der Waals surface area (Å²) < 4.78 is 23.5. The van der Waals surface area contributed by atoms with Gasteiger partial charge in [-0.1, -0.05) is 23.7 Å². The van der Waals surface area contributed by atoms with Crippen molar-refractivity contribution < 1.29 is 18.5 Å². The molecule has 12 heteroatoms. The van der Waals surface area contributed by atoms with E-state index in [2.05, 4.69) is 5.32 Å². The van der Waals surface area contributed by atoms with Gasteiger partial charge in [-0.05, 0) is 61.9 Å². The van der Waals surface area contributed by atoms with E-state index in [4.69, 9.17) is 21.9 Å². The molecule has 0 bridgehead atoms. The van der Waals surface area contributed by atoms with E-state index in [9.17, 15) is 23.6 Å². The fourth-order valence-corrected chi connectivity index (χ4v) is 5.00. The van der Waals surface area contributed by atoms with Crippen molar-refractivity contribution in [3.05, 3.63) is 103 Å². The lowest BCUT2D eigenvalue weighted by Gasteiger charge is -2.14. The highest BCUT2D eigenvalue weighted by Crippen LogP contribution is 2.27. The van der Waals surface area contributed by atoms with Crippen LogP contribution < -0.4 is 22.2 Å². The third-order valence-electron chi connectivity index (χ3n) is 6.56. The van der Waals surface area contributed by atoms with Crippen LogP contribution in [0.1, 0.15) is 33.4 Å². The predicted molar refractivity (Wildman–Crippen MR) is 149 cm³/mol. The summed E-state index contributed by atoms with van der Waals surface area (Å²) in [7, 11) is 1.53. The zero-order chi connectivity index (χ0) is 28.9. The van der Waals surface area contributed by atoms with Gasteiger partial charge >= 0.3 is 0 Å². The molecule has 0 saturated carbocycles. The molecule has 0 spiro atoms. The van der Waals surface area contributed by atoms with E-state index >= 15 is 0 Å². The molecule has 0 radical (unpaired) electrons. The van der Waals surface area contributed by atoms with Crippen LogP contribution >= 0.6 is 11.6 Å². The van der Waals surface area contributed by atoms with Gasteiger partial charge in [-0.2, -0.15) is 4.74 Å². The number of anilines is 1. The smallest absolute Gasteiger partial charge is 0.290 e. The summed E-state index contributed by atoms with van der Waals surface area (Å²) in [6.45, 7) is 3.82. The van der Waals surface area contributed by atoms with Gasteiger partial charge in [0.05, 0.1) is 33.3 Å². The number of amides is 2. The summed E-state index contributed by atoms with van der Waals surface area (Å²) in [4.78, 5) is 51.0. The summed E-state index contributed by atoms with van der Waals surface area (Å²) in [5.74, 6) is -1.96. The van der Waals surface area contributed by atoms with Gasteiger partial charge in [0.25, 0.3) is 22.9 Å². The van der Waals surface area contributed by atoms with Gasteiger partial charge in [0.1, 0.15) is 11.6 Å². The molecule has 3 aromatic carbocycles. The number of nitrogens with one attached hydrogen (secondary N) is 1. The van der Waals surface area contributed by atoms with Crippen molar-refractivity contribution in [3.63, 3.8) is 0 Å². The number of fused-ring (bicyclic) bond motifs is 1. The number of halogens is 2. The quantitative estimate of drug-likeness (QED) is 0.319. The number of benzene rings is 3. The Labute approximate surface area is 230 Å². The number of carbonyl (C=O) groups is 2. The second kappa shape index (κ2) is 10.0. The first kappa shape index (κ1) is 26.7. The number of nitrogens with zero attached hydrogens (tertiary/aromatic N) is 3. The number of rotatable bonds is 6. The molecule has 40 heavy (non-hydrogen) atoms. The Kier molecular flexibility index (Phi) is 6.68. The highest BCUT2D eigenvalue weighted by molar-refractivity contribution is 6.32. The Morgan fingerprint density at radius 2 is 1.73 bits per heavy atom. The van der Waals surface area contributed by atoms with Gasteiger partial charge in [0.2, 0.25) is 0 Å². The van der Waals surface area contributed by atoms with E-state index in [0.29, 0.717) is 34.6 Å². The number of hydrogen-bond acceptors (Lipinski definition) is 5. The second-order valence-corrected chi connectivity index (χ2v) is 9.50. The number of nitrogens with two attached hydrogens (primary N) is 1. The first-order valence-corrected chi connectivity index (χ1v) is 12.5. The van der Waals surface area contributed by atoms with Crippen molar-refractivity contribution in [2.45, 2.75) is 20.4 Å². The van der Waals surface area contributed by atoms with Crippen LogP contribution in [0, 0.1) is 12.7 Å². The minimum atomic E-state index is -0.982. The fraction of sp³-hybridized carbons (Fsp3) is 0.143. The van der Waals surface area contributed by atoms with Gasteiger partial charge in [-0.15, -0.1) is 0 Å². The Hall–Kier alpha value is -4.90. The van der Waals surface area contributed by atoms with Crippen LogP contribution in [-0.2, 0) is 13.6 Å². The van der Waals surface area contributed by atoms with Gasteiger partial charge < -0.3 is 15.6 Å². The van der Waals surface area contributed by atoms with Crippen LogP contribution in [0.2, 0.25) is 5.02 Å². The average Bonchev–Trinajstić information content (AvgIpc) is 3.34. The molecule has 5 rings (SSSR count). The van der Waals surface area contributed by atoms with Gasteiger partial charge in [-0.25, -0.2) is 9.07 Å². The van der Waals surface area contributed by atoms with Gasteiger partial charge in [0, 0.05) is 24.3 Å². The molecule has 0 atom stereocenters. The van der Waals surface area contributed by atoms with Crippen LogP contribution in [0.5, 0.6) is 0 Å². The van der Waals surface area contributed by atoms with Crippen molar-refractivity contribution in [3.8, 4) is 16.8 Å². The summed E-state index contributed by atoms with van der Waals surface area (Å²) in [5, 5.41) is 2.99. The van der Waals surface area contributed by atoms with E-state index in [0.717, 1.165) is 16.9 Å². The average molecular weight is 564 g/mol. The maximum absolute atomic E-state index is 13.9. The standard InChI is InChI=1S/C28H23ClFN5O5/c1-4-34-24-20(26(37)32-17-7-10-22(30)19(13-17)25(31)36)11-16(29)12-21(24)27(38)35(34)18-8-5-15(6-9-18)23-14(2)40-33(3)28(23)39/h5-13H,4H2,1-3H3,(H2,31,36)(H,32,37). The van der Waals surface area contributed by atoms with Crippen LogP contribution in [0.15, 0.2) is 68.7 Å². The number of primary amides is 1. The van der Waals surface area contributed by atoms with Crippen LogP contribution in [0.4, 0.5) is 10.1 Å². The Morgan fingerprint density at radius 1 is 1.02 bits per heavy atom. The zero-order valence-corrected chi connectivity index (χ0v) is 22.4. The van der Waals surface area contributed by atoms with E-state index in [1.165, 1.54) is 29.9 Å². The first-order valence-electron chi connectivity index (χ1n) is 12.1. The molecular formula is C28H23ClFN5O5. The highest BCUT2D eigenvalue weighted by atomic mass is 35.5. The maximum atomic E-state index is 13.9. The number of aromatic nitrogens is 3. The normalized spacial score (nSPS) is 11.2. The highest BCUT2D eigenvalue weighted by Gasteiger charge is 2.23. The van der Waals surface area contributed by atoms with Gasteiger partial charge in [-0.3, -0.25) is 23.9 Å². The first-order chi connectivity index (χ1) is 19.0. The van der Waals surface area contributed by atoms with E-state index < -0.39 is 23.2 Å². The third kappa shape index (κ3) is 4.39. The molecule has 10 nitrogen and oxygen atoms in total. The van der Waals surface area contributed by atoms with E-state index in [-0.39, 0.29) is 32.8 Å². The molecule has 0 aliphatic carbocycles. The molecule has 0 saturated heterocycles. The Bertz CT molecular complexity index is 1950. The lowest BCUT2D eigenvalue weighted by Crippen LogP contribution is -2.21. The fourth-order valence-electron chi connectivity index (χ4n) is 4.78. The molecule has 0 aliphatic rings. The number of hydrogen-bond donors (Lipinski definition) is 2. The Balaban J connectivity index is 1.62. The molecular weight excluding hydrogens is 541 g/mol. The maximum Gasteiger partial charge on any atom is 0.290 e. The lowest BCUT2D eigenvalue weighted by atomic mass is 10.1. The summed E-state index contributed by atoms with van der Waals surface area (Å²) in [6, 6.07) is 13.2. The molecule has 2 amide bonds. The zero-order valence-electron chi connectivity index (χ0n) is 21.6. The summed E-state index contributed by atoms with van der Waals surface area (Å²) in [5.41, 5.74) is 6.26. The second-order valence-electron chi connectivity index (χ2n) is 9.07. The third-order valence-corrected chi connectivity index (χ3v) is 6.78. The van der Waals surface area contributed by atoms with E-state index in [1.54, 1.807) is 35.9 Å². The SMILES string of the molecule is CCn1c2c(C(=O)Nc3ccc(F)c(C(N)=O)c3)cc(Cl)cc2c(=O)n1-c1ccc(-c2c(C)on(C)c2=O)cc1. The lowest BCUT2D eigenvalue weighted by molar-refractivity contribution is 0.0992. The van der Waals surface area contributed by atoms with Crippen molar-refractivity contribution in [1.82, 2.24) is 14.1 Å². The molecule has 204 valence electrons. The molecule has 3 N–H and O–H groups in total. The van der Waals surface area contributed by atoms with E-state index in [1.807, 2.05) is 6.92 Å². The van der Waals surface area contributed by atoms with Crippen molar-refractivity contribution >= 4 is 40.0 Å². The molecule has 0 fully saturated rings. The van der Waals surface area contributed by atoms with Crippen LogP contribution in [-0.4, -0.2) is 25.9 Å². The topological polar surface area (TPSA) is 134 Å². The van der Waals surface area contributed by atoms with Crippen LogP contribution in [0.25, 0.3) is 27.7 Å². The molecule has 0 unspecified atom stereocenters. The molecule has 2 heterocycles. The number of carbonyl (C=O) groups excluding carboxylic acids is 2. The largest absolute Gasteiger partial charge is 0.381 e. The van der Waals surface area contributed by atoms with Crippen molar-refractivity contribution in [2.75, 3.05) is 5.32 Å². The Morgan fingerprint density at radius 3 is 2.33 bits per heavy atom. The molecule has 5 aromatic rings. The number of aryl methyl sites for hydroxylation is 3. The van der Waals surface area contributed by atoms with Crippen molar-refractivity contribution in [2.24, 2.45) is 12.8 Å². The van der Waals surface area contributed by atoms with Crippen LogP contribution in [0.3, 0.4) is 0 Å². The molecule has 2 aromatic heterocycles. The predicted octanol–water partition coefficient (Wildman–Crippen LogP) is 4.22.